The average molecular weight is 301 g/mol. The van der Waals surface area contributed by atoms with Crippen LogP contribution in [0.4, 0.5) is 0 Å². The molecule has 3 rings (SSSR count). The van der Waals surface area contributed by atoms with Gasteiger partial charge in [0.05, 0.1) is 12.7 Å². The summed E-state index contributed by atoms with van der Waals surface area (Å²) in [7, 11) is 0. The Morgan fingerprint density at radius 1 is 1.36 bits per heavy atom. The highest BCUT2D eigenvalue weighted by Gasteiger charge is 2.24. The number of ether oxygens (including phenoxy) is 1. The number of carbonyl (C=O) groups is 1. The Kier molecular flexibility index (Phi) is 4.20. The summed E-state index contributed by atoms with van der Waals surface area (Å²) >= 11 is 0. The van der Waals surface area contributed by atoms with Gasteiger partial charge in [0.15, 0.2) is 5.82 Å². The van der Waals surface area contributed by atoms with Gasteiger partial charge in [-0.05, 0) is 37.6 Å². The number of rotatable bonds is 3. The van der Waals surface area contributed by atoms with Crippen LogP contribution in [0.5, 0.6) is 0 Å². The third kappa shape index (κ3) is 3.01. The first kappa shape index (κ1) is 14.7. The Balaban J connectivity index is 1.73. The summed E-state index contributed by atoms with van der Waals surface area (Å²) in [4.78, 5) is 18.6. The molecule has 1 unspecified atom stereocenters. The molecule has 1 aromatic carbocycles. The third-order valence-electron chi connectivity index (χ3n) is 3.79. The monoisotopic (exact) mass is 301 g/mol. The van der Waals surface area contributed by atoms with Crippen LogP contribution in [0.2, 0.25) is 0 Å². The third-order valence-corrected chi connectivity index (χ3v) is 3.79. The van der Waals surface area contributed by atoms with Crippen LogP contribution in [-0.4, -0.2) is 46.7 Å². The number of morpholine rings is 1. The molecule has 0 bridgehead atoms. The molecule has 0 radical (unpaired) electrons. The van der Waals surface area contributed by atoms with E-state index >= 15 is 0 Å². The second kappa shape index (κ2) is 6.27. The molecule has 1 aliphatic heterocycles. The van der Waals surface area contributed by atoms with Crippen molar-refractivity contribution in [3.05, 3.63) is 35.7 Å². The summed E-state index contributed by atoms with van der Waals surface area (Å²) < 4.78 is 10.7. The van der Waals surface area contributed by atoms with E-state index in [4.69, 9.17) is 9.26 Å². The Bertz CT molecular complexity index is 651. The molecule has 1 fully saturated rings. The van der Waals surface area contributed by atoms with Gasteiger partial charge >= 0.3 is 0 Å². The lowest BCUT2D eigenvalue weighted by Gasteiger charge is -2.32. The molecule has 0 aliphatic carbocycles. The maximum atomic E-state index is 12.5. The molecule has 22 heavy (non-hydrogen) atoms. The first-order chi connectivity index (χ1) is 10.7. The fourth-order valence-electron chi connectivity index (χ4n) is 2.50. The largest absolute Gasteiger partial charge is 0.375 e. The van der Waals surface area contributed by atoms with Crippen LogP contribution in [0.1, 0.15) is 29.5 Å². The molecule has 116 valence electrons. The molecular formula is C16H19N3O3. The molecule has 2 heterocycles. The van der Waals surface area contributed by atoms with Crippen LogP contribution >= 0.6 is 0 Å². The summed E-state index contributed by atoms with van der Waals surface area (Å²) in [5, 5.41) is 3.77. The lowest BCUT2D eigenvalue weighted by Crippen LogP contribution is -2.45. The van der Waals surface area contributed by atoms with Gasteiger partial charge in [0.2, 0.25) is 0 Å². The van der Waals surface area contributed by atoms with E-state index in [0.717, 1.165) is 12.0 Å². The average Bonchev–Trinajstić information content (AvgIpc) is 3.01. The van der Waals surface area contributed by atoms with Gasteiger partial charge in [0, 0.05) is 24.2 Å². The zero-order valence-corrected chi connectivity index (χ0v) is 12.8. The molecule has 1 aromatic heterocycles. The van der Waals surface area contributed by atoms with E-state index in [9.17, 15) is 4.79 Å². The number of nitrogens with zero attached hydrogens (tertiary/aromatic N) is 3. The van der Waals surface area contributed by atoms with Crippen molar-refractivity contribution in [3.63, 3.8) is 0 Å². The molecule has 6 nitrogen and oxygen atoms in total. The Hall–Kier alpha value is -2.21. The standard InChI is InChI=1S/C16H19N3O3/c1-3-14-10-19(8-9-21-14)16(20)13-6-4-12(5-7-13)15-17-11(2)18-22-15/h4-7,14H,3,8-10H2,1-2H3. The van der Waals surface area contributed by atoms with Crippen molar-refractivity contribution in [1.29, 1.82) is 0 Å². The van der Waals surface area contributed by atoms with E-state index in [1.807, 2.05) is 17.0 Å². The van der Waals surface area contributed by atoms with Crippen LogP contribution in [0.3, 0.4) is 0 Å². The number of carbonyl (C=O) groups excluding carboxylic acids is 1. The van der Waals surface area contributed by atoms with E-state index in [1.165, 1.54) is 0 Å². The van der Waals surface area contributed by atoms with Gasteiger partial charge in [-0.1, -0.05) is 12.1 Å². The molecular weight excluding hydrogens is 282 g/mol. The van der Waals surface area contributed by atoms with Crippen molar-refractivity contribution in [2.24, 2.45) is 0 Å². The fraction of sp³-hybridized carbons (Fsp3) is 0.438. The Morgan fingerprint density at radius 2 is 2.14 bits per heavy atom. The van der Waals surface area contributed by atoms with Gasteiger partial charge in [-0.25, -0.2) is 0 Å². The minimum atomic E-state index is 0.0370. The van der Waals surface area contributed by atoms with Crippen LogP contribution in [0, 0.1) is 6.92 Å². The number of hydrogen-bond donors (Lipinski definition) is 0. The summed E-state index contributed by atoms with van der Waals surface area (Å²) in [6, 6.07) is 7.26. The van der Waals surface area contributed by atoms with E-state index < -0.39 is 0 Å². The van der Waals surface area contributed by atoms with Crippen LogP contribution in [0.15, 0.2) is 28.8 Å². The summed E-state index contributed by atoms with van der Waals surface area (Å²) in [6.07, 6.45) is 1.05. The Morgan fingerprint density at radius 3 is 2.77 bits per heavy atom. The zero-order valence-electron chi connectivity index (χ0n) is 12.8. The normalized spacial score (nSPS) is 18.5. The quantitative estimate of drug-likeness (QED) is 0.870. The lowest BCUT2D eigenvalue weighted by atomic mass is 10.1. The van der Waals surface area contributed by atoms with Gasteiger partial charge in [-0.3, -0.25) is 4.79 Å². The molecule has 0 saturated carbocycles. The maximum Gasteiger partial charge on any atom is 0.257 e. The van der Waals surface area contributed by atoms with Crippen LogP contribution in [-0.2, 0) is 4.74 Å². The van der Waals surface area contributed by atoms with E-state index in [-0.39, 0.29) is 12.0 Å². The molecule has 1 saturated heterocycles. The van der Waals surface area contributed by atoms with E-state index in [1.54, 1.807) is 19.1 Å². The predicted molar refractivity (Wildman–Crippen MR) is 80.4 cm³/mol. The number of benzene rings is 1. The van der Waals surface area contributed by atoms with Gasteiger partial charge in [0.25, 0.3) is 11.8 Å². The van der Waals surface area contributed by atoms with Gasteiger partial charge in [-0.2, -0.15) is 4.98 Å². The molecule has 1 amide bonds. The highest BCUT2D eigenvalue weighted by Crippen LogP contribution is 2.19. The fourth-order valence-corrected chi connectivity index (χ4v) is 2.50. The first-order valence-electron chi connectivity index (χ1n) is 7.49. The molecule has 0 N–H and O–H groups in total. The maximum absolute atomic E-state index is 12.5. The Labute approximate surface area is 129 Å². The van der Waals surface area contributed by atoms with Crippen molar-refractivity contribution in [2.75, 3.05) is 19.7 Å². The van der Waals surface area contributed by atoms with E-state index in [2.05, 4.69) is 17.1 Å². The second-order valence-electron chi connectivity index (χ2n) is 5.38. The predicted octanol–water partition coefficient (Wildman–Crippen LogP) is 2.30. The SMILES string of the molecule is CCC1CN(C(=O)c2ccc(-c3nc(C)no3)cc2)CCO1. The van der Waals surface area contributed by atoms with Crippen molar-refractivity contribution in [2.45, 2.75) is 26.4 Å². The molecule has 1 atom stereocenters. The van der Waals surface area contributed by atoms with Gasteiger partial charge in [0.1, 0.15) is 0 Å². The van der Waals surface area contributed by atoms with Gasteiger partial charge < -0.3 is 14.2 Å². The molecule has 1 aliphatic rings. The lowest BCUT2D eigenvalue weighted by molar-refractivity contribution is -0.0226. The summed E-state index contributed by atoms with van der Waals surface area (Å²) in [5.74, 6) is 1.10. The van der Waals surface area contributed by atoms with Gasteiger partial charge in [-0.15, -0.1) is 0 Å². The number of aryl methyl sites for hydroxylation is 1. The molecule has 2 aromatic rings. The molecule has 0 spiro atoms. The summed E-state index contributed by atoms with van der Waals surface area (Å²) in [6.45, 7) is 5.73. The van der Waals surface area contributed by atoms with Crippen molar-refractivity contribution >= 4 is 5.91 Å². The number of amides is 1. The number of hydrogen-bond acceptors (Lipinski definition) is 5. The minimum Gasteiger partial charge on any atom is -0.375 e. The summed E-state index contributed by atoms with van der Waals surface area (Å²) in [5.41, 5.74) is 1.47. The zero-order chi connectivity index (χ0) is 15.5. The highest BCUT2D eigenvalue weighted by molar-refractivity contribution is 5.94. The second-order valence-corrected chi connectivity index (χ2v) is 5.38. The van der Waals surface area contributed by atoms with Crippen LogP contribution in [0.25, 0.3) is 11.5 Å². The van der Waals surface area contributed by atoms with Crippen LogP contribution < -0.4 is 0 Å². The minimum absolute atomic E-state index is 0.0370. The number of aromatic nitrogens is 2. The smallest absolute Gasteiger partial charge is 0.257 e. The molecule has 6 heteroatoms. The highest BCUT2D eigenvalue weighted by atomic mass is 16.5. The van der Waals surface area contributed by atoms with Crippen molar-refractivity contribution in [3.8, 4) is 11.5 Å². The van der Waals surface area contributed by atoms with Crippen molar-refractivity contribution < 1.29 is 14.1 Å². The first-order valence-corrected chi connectivity index (χ1v) is 7.49. The van der Waals surface area contributed by atoms with Crippen molar-refractivity contribution in [1.82, 2.24) is 15.0 Å². The van der Waals surface area contributed by atoms with E-state index in [0.29, 0.717) is 37.0 Å². The topological polar surface area (TPSA) is 68.5 Å².